The zero-order chi connectivity index (χ0) is 8.97. The highest BCUT2D eigenvalue weighted by Crippen LogP contribution is 2.09. The maximum absolute atomic E-state index is 12.4. The maximum Gasteiger partial charge on any atom is 0.364 e. The second kappa shape index (κ2) is 3.96. The molecule has 1 aromatic rings. The standard InChI is InChI=1S/C7H6F3NO/c8-5-2-1-3-6(4-5)11-12-7(9)10/h1-4,7,11H. The second-order valence-corrected chi connectivity index (χ2v) is 1.99. The number of nitrogens with one attached hydrogen (secondary N) is 1. The highest BCUT2D eigenvalue weighted by atomic mass is 19.3. The van der Waals surface area contributed by atoms with Crippen molar-refractivity contribution in [1.82, 2.24) is 0 Å². The molecule has 0 unspecified atom stereocenters. The van der Waals surface area contributed by atoms with E-state index >= 15 is 0 Å². The van der Waals surface area contributed by atoms with E-state index in [4.69, 9.17) is 0 Å². The molecule has 12 heavy (non-hydrogen) atoms. The molecular formula is C7H6F3NO. The van der Waals surface area contributed by atoms with E-state index < -0.39 is 12.4 Å². The molecule has 1 N–H and O–H groups in total. The van der Waals surface area contributed by atoms with E-state index in [0.29, 0.717) is 0 Å². The number of benzene rings is 1. The highest BCUT2D eigenvalue weighted by molar-refractivity contribution is 5.40. The van der Waals surface area contributed by atoms with Crippen molar-refractivity contribution in [3.05, 3.63) is 30.1 Å². The first-order chi connectivity index (χ1) is 5.68. The van der Waals surface area contributed by atoms with E-state index in [2.05, 4.69) is 4.84 Å². The quantitative estimate of drug-likeness (QED) is 0.715. The van der Waals surface area contributed by atoms with Gasteiger partial charge in [-0.3, -0.25) is 5.48 Å². The lowest BCUT2D eigenvalue weighted by Gasteiger charge is -2.04. The molecule has 0 aliphatic rings. The van der Waals surface area contributed by atoms with Crippen LogP contribution in [0.15, 0.2) is 24.3 Å². The minimum atomic E-state index is -2.92. The molecule has 5 heteroatoms. The van der Waals surface area contributed by atoms with E-state index in [0.717, 1.165) is 6.07 Å². The van der Waals surface area contributed by atoms with Gasteiger partial charge in [0.15, 0.2) is 0 Å². The predicted molar refractivity (Wildman–Crippen MR) is 37.1 cm³/mol. The Morgan fingerprint density at radius 2 is 2.08 bits per heavy atom. The van der Waals surface area contributed by atoms with Crippen LogP contribution in [-0.2, 0) is 4.84 Å². The van der Waals surface area contributed by atoms with Crippen LogP contribution in [0.2, 0.25) is 0 Å². The number of halogens is 3. The minimum absolute atomic E-state index is 0.148. The molecule has 0 radical (unpaired) electrons. The van der Waals surface area contributed by atoms with Gasteiger partial charge in [0.25, 0.3) is 0 Å². The summed E-state index contributed by atoms with van der Waals surface area (Å²) in [5.74, 6) is -0.516. The summed E-state index contributed by atoms with van der Waals surface area (Å²) in [4.78, 5) is 3.73. The Kier molecular flexibility index (Phi) is 2.93. The van der Waals surface area contributed by atoms with Gasteiger partial charge in [-0.05, 0) is 18.2 Å². The summed E-state index contributed by atoms with van der Waals surface area (Å²) in [6.45, 7) is -2.92. The van der Waals surface area contributed by atoms with Crippen molar-refractivity contribution in [1.29, 1.82) is 0 Å². The smallest absolute Gasteiger partial charge is 0.261 e. The molecule has 1 rings (SSSR count). The summed E-state index contributed by atoms with van der Waals surface area (Å²) in [6, 6.07) is 5.04. The van der Waals surface area contributed by atoms with Gasteiger partial charge < -0.3 is 0 Å². The fourth-order valence-corrected chi connectivity index (χ4v) is 0.665. The van der Waals surface area contributed by atoms with Gasteiger partial charge in [0.2, 0.25) is 0 Å². The third-order valence-electron chi connectivity index (χ3n) is 1.09. The largest absolute Gasteiger partial charge is 0.364 e. The molecular weight excluding hydrogens is 171 g/mol. The lowest BCUT2D eigenvalue weighted by atomic mass is 10.3. The van der Waals surface area contributed by atoms with Crippen LogP contribution in [0.1, 0.15) is 0 Å². The summed E-state index contributed by atoms with van der Waals surface area (Å²) in [5.41, 5.74) is 2.04. The van der Waals surface area contributed by atoms with Crippen LogP contribution in [0, 0.1) is 5.82 Å². The van der Waals surface area contributed by atoms with E-state index in [1.54, 1.807) is 0 Å². The van der Waals surface area contributed by atoms with Gasteiger partial charge in [0.05, 0.1) is 5.69 Å². The van der Waals surface area contributed by atoms with E-state index in [1.165, 1.54) is 18.2 Å². The third-order valence-corrected chi connectivity index (χ3v) is 1.09. The van der Waals surface area contributed by atoms with Crippen LogP contribution in [0.3, 0.4) is 0 Å². The Morgan fingerprint density at radius 1 is 1.33 bits per heavy atom. The van der Waals surface area contributed by atoms with Crippen molar-refractivity contribution in [2.24, 2.45) is 0 Å². The molecule has 0 aromatic heterocycles. The lowest BCUT2D eigenvalue weighted by Crippen LogP contribution is -2.06. The zero-order valence-corrected chi connectivity index (χ0v) is 5.93. The molecule has 0 atom stereocenters. The zero-order valence-electron chi connectivity index (χ0n) is 5.93. The van der Waals surface area contributed by atoms with Gasteiger partial charge in [-0.1, -0.05) is 6.07 Å². The van der Waals surface area contributed by atoms with E-state index in [9.17, 15) is 13.2 Å². The highest BCUT2D eigenvalue weighted by Gasteiger charge is 2.01. The molecule has 0 aliphatic heterocycles. The van der Waals surface area contributed by atoms with Crippen molar-refractivity contribution < 1.29 is 18.0 Å². The Morgan fingerprint density at radius 3 is 2.67 bits per heavy atom. The van der Waals surface area contributed by atoms with Crippen LogP contribution in [0.4, 0.5) is 18.9 Å². The topological polar surface area (TPSA) is 21.3 Å². The van der Waals surface area contributed by atoms with Crippen LogP contribution in [0.25, 0.3) is 0 Å². The van der Waals surface area contributed by atoms with Gasteiger partial charge in [0.1, 0.15) is 5.82 Å². The Labute approximate surface area is 66.9 Å². The van der Waals surface area contributed by atoms with Gasteiger partial charge >= 0.3 is 6.61 Å². The summed E-state index contributed by atoms with van der Waals surface area (Å²) in [5, 5.41) is 0. The van der Waals surface area contributed by atoms with Crippen LogP contribution >= 0.6 is 0 Å². The van der Waals surface area contributed by atoms with Crippen LogP contribution in [-0.4, -0.2) is 6.61 Å². The third kappa shape index (κ3) is 2.79. The van der Waals surface area contributed by atoms with Gasteiger partial charge in [0, 0.05) is 0 Å². The number of rotatable bonds is 3. The molecule has 0 saturated heterocycles. The molecule has 1 aromatic carbocycles. The average molecular weight is 177 g/mol. The van der Waals surface area contributed by atoms with Crippen molar-refractivity contribution in [3.63, 3.8) is 0 Å². The van der Waals surface area contributed by atoms with Crippen molar-refractivity contribution in [2.45, 2.75) is 6.61 Å². The minimum Gasteiger partial charge on any atom is -0.261 e. The molecule has 0 saturated carbocycles. The summed E-state index contributed by atoms with van der Waals surface area (Å²) in [6.07, 6.45) is 0. The van der Waals surface area contributed by atoms with Gasteiger partial charge in [-0.25, -0.2) is 9.23 Å². The first-order valence-electron chi connectivity index (χ1n) is 3.14. The molecule has 2 nitrogen and oxygen atoms in total. The normalized spacial score (nSPS) is 10.3. The monoisotopic (exact) mass is 177 g/mol. The summed E-state index contributed by atoms with van der Waals surface area (Å²) in [7, 11) is 0. The van der Waals surface area contributed by atoms with Gasteiger partial charge in [-0.2, -0.15) is 8.78 Å². The number of anilines is 1. The molecule has 66 valence electrons. The molecule has 0 bridgehead atoms. The van der Waals surface area contributed by atoms with E-state index in [-0.39, 0.29) is 5.69 Å². The molecule has 0 heterocycles. The SMILES string of the molecule is Fc1cccc(NOC(F)F)c1. The Bertz CT molecular complexity index is 254. The van der Waals surface area contributed by atoms with Crippen molar-refractivity contribution >= 4 is 5.69 Å². The Balaban J connectivity index is 2.52. The molecule has 0 amide bonds. The van der Waals surface area contributed by atoms with Crippen LogP contribution in [0.5, 0.6) is 0 Å². The molecule has 0 aliphatic carbocycles. The van der Waals surface area contributed by atoms with Gasteiger partial charge in [-0.15, -0.1) is 0 Å². The van der Waals surface area contributed by atoms with Crippen molar-refractivity contribution in [3.8, 4) is 0 Å². The molecule has 0 fully saturated rings. The number of hydrogen-bond donors (Lipinski definition) is 1. The number of hydrogen-bond acceptors (Lipinski definition) is 2. The number of alkyl halides is 2. The first kappa shape index (κ1) is 8.86. The second-order valence-electron chi connectivity index (χ2n) is 1.99. The maximum atomic E-state index is 12.4. The fourth-order valence-electron chi connectivity index (χ4n) is 0.665. The van der Waals surface area contributed by atoms with E-state index in [1.807, 2.05) is 5.48 Å². The Hall–Kier alpha value is -1.23. The average Bonchev–Trinajstić information content (AvgIpc) is 2.01. The van der Waals surface area contributed by atoms with Crippen molar-refractivity contribution in [2.75, 3.05) is 5.48 Å². The summed E-state index contributed by atoms with van der Waals surface area (Å²) >= 11 is 0. The molecule has 0 spiro atoms. The lowest BCUT2D eigenvalue weighted by molar-refractivity contribution is -0.105. The van der Waals surface area contributed by atoms with Crippen LogP contribution < -0.4 is 5.48 Å². The fraction of sp³-hybridized carbons (Fsp3) is 0.143. The first-order valence-corrected chi connectivity index (χ1v) is 3.14. The predicted octanol–water partition coefficient (Wildman–Crippen LogP) is 2.39. The summed E-state index contributed by atoms with van der Waals surface area (Å²) < 4.78 is 35.3.